The van der Waals surface area contributed by atoms with Crippen molar-refractivity contribution in [2.75, 3.05) is 17.6 Å². The van der Waals surface area contributed by atoms with Crippen LogP contribution in [-0.2, 0) is 21.4 Å². The highest BCUT2D eigenvalue weighted by atomic mass is 35.5. The summed E-state index contributed by atoms with van der Waals surface area (Å²) in [6, 6.07) is 7.59. The number of aromatic nitrogens is 3. The van der Waals surface area contributed by atoms with Gasteiger partial charge in [-0.05, 0) is 48.9 Å². The maximum atomic E-state index is 13.3. The molecule has 1 unspecified atom stereocenters. The predicted octanol–water partition coefficient (Wildman–Crippen LogP) is 2.44. The van der Waals surface area contributed by atoms with Crippen molar-refractivity contribution >= 4 is 33.5 Å². The van der Waals surface area contributed by atoms with Gasteiger partial charge in [0.05, 0.1) is 23.2 Å². The summed E-state index contributed by atoms with van der Waals surface area (Å²) in [5, 5.41) is 20.5. The highest BCUT2D eigenvalue weighted by Gasteiger charge is 2.49. The topological polar surface area (TPSA) is 121 Å². The number of sulfonamides is 1. The molecular formula is C20H21ClN6O3S. The molecule has 2 fully saturated rings. The number of benzene rings is 1. The lowest BCUT2D eigenvalue weighted by atomic mass is 9.90. The van der Waals surface area contributed by atoms with Crippen LogP contribution in [0.15, 0.2) is 24.5 Å². The fourth-order valence-electron chi connectivity index (χ4n) is 4.06. The molecule has 0 spiro atoms. The molecule has 2 aromatic rings. The van der Waals surface area contributed by atoms with Crippen LogP contribution in [0.4, 0.5) is 5.95 Å². The molecule has 2 heterocycles. The number of nitrogens with zero attached hydrogens (tertiary/aromatic N) is 5. The maximum Gasteiger partial charge on any atom is 0.235 e. The number of nitrogens with one attached hydrogen (secondary N) is 1. The van der Waals surface area contributed by atoms with Gasteiger partial charge in [0.15, 0.2) is 0 Å². The predicted molar refractivity (Wildman–Crippen MR) is 113 cm³/mol. The average Bonchev–Trinajstić information content (AvgIpc) is 3.67. The van der Waals surface area contributed by atoms with Crippen LogP contribution in [0, 0.1) is 16.7 Å². The third-order valence-corrected chi connectivity index (χ3v) is 8.44. The Labute approximate surface area is 185 Å². The minimum atomic E-state index is -3.72. The minimum Gasteiger partial charge on any atom is -0.297 e. The van der Waals surface area contributed by atoms with Crippen LogP contribution < -0.4 is 5.32 Å². The zero-order valence-corrected chi connectivity index (χ0v) is 18.2. The number of hydrogen-bond acceptors (Lipinski definition) is 6. The molecule has 162 valence electrons. The molecule has 9 nitrogen and oxygen atoms in total. The summed E-state index contributed by atoms with van der Waals surface area (Å²) < 4.78 is 29.4. The molecule has 31 heavy (non-hydrogen) atoms. The first-order chi connectivity index (χ1) is 14.8. The highest BCUT2D eigenvalue weighted by molar-refractivity contribution is 7.89. The normalized spacial score (nSPS) is 22.4. The Kier molecular flexibility index (Phi) is 4.80. The molecule has 1 aromatic heterocycles. The minimum absolute atomic E-state index is 0.0133. The molecule has 0 radical (unpaired) electrons. The number of anilines is 1. The Balaban J connectivity index is 1.44. The van der Waals surface area contributed by atoms with Gasteiger partial charge >= 0.3 is 0 Å². The van der Waals surface area contributed by atoms with Gasteiger partial charge in [-0.3, -0.25) is 14.7 Å². The second kappa shape index (κ2) is 7.29. The number of hydrogen-bond donors (Lipinski definition) is 1. The molecule has 2 aliphatic carbocycles. The molecule has 1 aliphatic heterocycles. The monoisotopic (exact) mass is 460 g/mol. The van der Waals surface area contributed by atoms with Crippen LogP contribution in [0.1, 0.15) is 48.8 Å². The van der Waals surface area contributed by atoms with Crippen molar-refractivity contribution < 1.29 is 13.2 Å². The van der Waals surface area contributed by atoms with Crippen LogP contribution in [-0.4, -0.2) is 45.7 Å². The van der Waals surface area contributed by atoms with Crippen LogP contribution in [0.3, 0.4) is 0 Å². The maximum absolute atomic E-state index is 13.3. The lowest BCUT2D eigenvalue weighted by Gasteiger charge is -2.33. The van der Waals surface area contributed by atoms with E-state index < -0.39 is 21.4 Å². The first-order valence-electron chi connectivity index (χ1n) is 10.2. The fraction of sp³-hybridized carbons (Fsp3) is 0.500. The number of amides is 1. The van der Waals surface area contributed by atoms with Crippen molar-refractivity contribution in [1.29, 1.82) is 5.26 Å². The smallest absolute Gasteiger partial charge is 0.235 e. The Hall–Kier alpha value is -2.48. The summed E-state index contributed by atoms with van der Waals surface area (Å²) in [5.41, 5.74) is 0.637. The van der Waals surface area contributed by atoms with Crippen molar-refractivity contribution in [3.8, 4) is 6.07 Å². The Bertz CT molecular complexity index is 1200. The first kappa shape index (κ1) is 20.4. The second-order valence-corrected chi connectivity index (χ2v) is 11.0. The van der Waals surface area contributed by atoms with Gasteiger partial charge in [0.25, 0.3) is 0 Å². The van der Waals surface area contributed by atoms with Crippen LogP contribution >= 0.6 is 11.6 Å². The molecule has 1 aromatic carbocycles. The average molecular weight is 461 g/mol. The van der Waals surface area contributed by atoms with E-state index in [0.29, 0.717) is 29.4 Å². The van der Waals surface area contributed by atoms with E-state index in [4.69, 9.17) is 11.6 Å². The van der Waals surface area contributed by atoms with E-state index >= 15 is 0 Å². The summed E-state index contributed by atoms with van der Waals surface area (Å²) >= 11 is 6.18. The lowest BCUT2D eigenvalue weighted by molar-refractivity contribution is -0.118. The summed E-state index contributed by atoms with van der Waals surface area (Å²) in [6.07, 6.45) is 4.78. The van der Waals surface area contributed by atoms with Crippen LogP contribution in [0.5, 0.6) is 0 Å². The van der Waals surface area contributed by atoms with Crippen LogP contribution in [0.25, 0.3) is 0 Å². The molecule has 1 amide bonds. The van der Waals surface area contributed by atoms with E-state index in [1.165, 1.54) is 4.31 Å². The van der Waals surface area contributed by atoms with E-state index in [0.717, 1.165) is 18.4 Å². The van der Waals surface area contributed by atoms with E-state index in [2.05, 4.69) is 21.6 Å². The van der Waals surface area contributed by atoms with Crippen molar-refractivity contribution in [3.05, 3.63) is 40.7 Å². The van der Waals surface area contributed by atoms with Crippen molar-refractivity contribution in [3.63, 3.8) is 0 Å². The van der Waals surface area contributed by atoms with Gasteiger partial charge in [-0.25, -0.2) is 8.42 Å². The molecule has 5 rings (SSSR count). The third kappa shape index (κ3) is 3.93. The Morgan fingerprint density at radius 3 is 2.81 bits per heavy atom. The highest BCUT2D eigenvalue weighted by Crippen LogP contribution is 2.47. The van der Waals surface area contributed by atoms with E-state index in [9.17, 15) is 18.5 Å². The molecule has 1 atom stereocenters. The van der Waals surface area contributed by atoms with Gasteiger partial charge in [0, 0.05) is 24.2 Å². The molecule has 0 bridgehead atoms. The Morgan fingerprint density at radius 2 is 2.13 bits per heavy atom. The second-order valence-electron chi connectivity index (χ2n) is 8.62. The number of nitriles is 1. The van der Waals surface area contributed by atoms with Crippen molar-refractivity contribution in [2.45, 2.75) is 44.2 Å². The number of carbonyl (C=O) groups excluding carboxylic acids is 1. The van der Waals surface area contributed by atoms with Gasteiger partial charge in [0.2, 0.25) is 21.9 Å². The van der Waals surface area contributed by atoms with Crippen LogP contribution in [0.2, 0.25) is 5.02 Å². The molecule has 1 N–H and O–H groups in total. The zero-order valence-electron chi connectivity index (χ0n) is 16.7. The molecular weight excluding hydrogens is 440 g/mol. The van der Waals surface area contributed by atoms with Gasteiger partial charge in [-0.2, -0.15) is 9.57 Å². The van der Waals surface area contributed by atoms with Crippen molar-refractivity contribution in [2.24, 2.45) is 5.41 Å². The standard InChI is InChI=1S/C20H21ClN6O3S/c21-14-2-1-13-8-26(31(29,30)11-20(10-22)5-6-20)9-17(16(13)7-14)18(28)24-19-25-23-12-27(19)15-3-4-15/h1-2,7,12,15,17H,3-6,8-9,11H2,(H,24,25,28). The summed E-state index contributed by atoms with van der Waals surface area (Å²) in [5.74, 6) is -0.972. The number of halogens is 1. The van der Waals surface area contributed by atoms with Crippen molar-refractivity contribution in [1.82, 2.24) is 19.1 Å². The van der Waals surface area contributed by atoms with E-state index in [-0.39, 0.29) is 30.8 Å². The molecule has 2 saturated carbocycles. The summed E-state index contributed by atoms with van der Waals surface area (Å²) in [6.45, 7) is 0.138. The zero-order chi connectivity index (χ0) is 21.8. The summed E-state index contributed by atoms with van der Waals surface area (Å²) in [4.78, 5) is 13.3. The first-order valence-corrected chi connectivity index (χ1v) is 12.2. The van der Waals surface area contributed by atoms with Gasteiger partial charge in [-0.1, -0.05) is 17.7 Å². The van der Waals surface area contributed by atoms with Gasteiger partial charge in [-0.15, -0.1) is 10.2 Å². The molecule has 11 heteroatoms. The van der Waals surface area contributed by atoms with Gasteiger partial charge < -0.3 is 0 Å². The largest absolute Gasteiger partial charge is 0.297 e. The summed E-state index contributed by atoms with van der Waals surface area (Å²) in [7, 11) is -3.72. The molecule has 0 saturated heterocycles. The molecule has 3 aliphatic rings. The number of fused-ring (bicyclic) bond motifs is 1. The number of rotatable bonds is 6. The quantitative estimate of drug-likeness (QED) is 0.706. The fourth-order valence-corrected chi connectivity index (χ4v) is 6.18. The SMILES string of the molecule is N#CC1(CS(=O)(=O)N2Cc3ccc(Cl)cc3C(C(=O)Nc3nncn3C3CC3)C2)CC1. The van der Waals surface area contributed by atoms with Gasteiger partial charge in [0.1, 0.15) is 6.33 Å². The van der Waals surface area contributed by atoms with E-state index in [1.54, 1.807) is 24.5 Å². The Morgan fingerprint density at radius 1 is 1.35 bits per heavy atom. The number of carbonyl (C=O) groups is 1. The third-order valence-electron chi connectivity index (χ3n) is 6.22. The lowest BCUT2D eigenvalue weighted by Crippen LogP contribution is -2.44. The van der Waals surface area contributed by atoms with E-state index in [1.807, 2.05) is 4.57 Å².